The molecular weight excluding hydrogens is 226 g/mol. The van der Waals surface area contributed by atoms with Gasteiger partial charge in [0.2, 0.25) is 0 Å². The summed E-state index contributed by atoms with van der Waals surface area (Å²) in [4.78, 5) is 13.3. The molecule has 0 amide bonds. The van der Waals surface area contributed by atoms with Gasteiger partial charge in [0.05, 0.1) is 17.8 Å². The third kappa shape index (κ3) is 2.84. The monoisotopic (exact) mass is 243 g/mol. The summed E-state index contributed by atoms with van der Waals surface area (Å²) >= 11 is 0. The van der Waals surface area contributed by atoms with Crippen molar-refractivity contribution in [2.45, 2.75) is 19.8 Å². The Hall–Kier alpha value is -1.95. The van der Waals surface area contributed by atoms with E-state index in [1.54, 1.807) is 6.07 Å². The van der Waals surface area contributed by atoms with Crippen LogP contribution in [0.3, 0.4) is 0 Å². The minimum atomic E-state index is -0.897. The molecule has 1 aromatic rings. The number of carboxylic acids is 1. The number of hydrogen-bond acceptors (Lipinski definition) is 2. The number of rotatable bonds is 5. The summed E-state index contributed by atoms with van der Waals surface area (Å²) in [6.45, 7) is 3.20. The summed E-state index contributed by atoms with van der Waals surface area (Å²) in [6, 6.07) is 5.49. The summed E-state index contributed by atoms with van der Waals surface area (Å²) < 4.78 is 0. The molecule has 1 aliphatic carbocycles. The molecule has 0 spiro atoms. The Morgan fingerprint density at radius 2 is 2.28 bits per heavy atom. The van der Waals surface area contributed by atoms with E-state index in [1.165, 1.54) is 12.8 Å². The highest BCUT2D eigenvalue weighted by Gasteiger charge is 2.26. The lowest BCUT2D eigenvalue weighted by atomic mass is 10.1. The maximum Gasteiger partial charge on any atom is 0.337 e. The number of terminal acetylenes is 1. The molecule has 0 aliphatic heterocycles. The van der Waals surface area contributed by atoms with Crippen molar-refractivity contribution in [3.05, 3.63) is 29.3 Å². The van der Waals surface area contributed by atoms with E-state index in [2.05, 4.69) is 5.92 Å². The fourth-order valence-corrected chi connectivity index (χ4v) is 2.07. The van der Waals surface area contributed by atoms with E-state index in [0.717, 1.165) is 17.8 Å². The molecule has 1 fully saturated rings. The van der Waals surface area contributed by atoms with Crippen LogP contribution in [-0.4, -0.2) is 24.2 Å². The third-order valence-corrected chi connectivity index (χ3v) is 3.18. The molecule has 0 bridgehead atoms. The predicted molar refractivity (Wildman–Crippen MR) is 71.9 cm³/mol. The normalized spacial score (nSPS) is 14.0. The van der Waals surface area contributed by atoms with E-state index >= 15 is 0 Å². The largest absolute Gasteiger partial charge is 0.478 e. The van der Waals surface area contributed by atoms with Crippen LogP contribution in [0, 0.1) is 25.2 Å². The number of nitrogens with zero attached hydrogens (tertiary/aromatic N) is 1. The molecule has 1 aliphatic rings. The number of aromatic carboxylic acids is 1. The summed E-state index contributed by atoms with van der Waals surface area (Å²) in [5.74, 6) is 2.38. The summed E-state index contributed by atoms with van der Waals surface area (Å²) in [6.07, 6.45) is 7.82. The van der Waals surface area contributed by atoms with Crippen molar-refractivity contribution in [2.24, 2.45) is 5.92 Å². The van der Waals surface area contributed by atoms with Gasteiger partial charge >= 0.3 is 5.97 Å². The van der Waals surface area contributed by atoms with Crippen LogP contribution in [0.4, 0.5) is 5.69 Å². The first-order chi connectivity index (χ1) is 8.61. The Kier molecular flexibility index (Phi) is 3.57. The highest BCUT2D eigenvalue weighted by molar-refractivity contribution is 5.94. The van der Waals surface area contributed by atoms with Crippen LogP contribution < -0.4 is 4.90 Å². The van der Waals surface area contributed by atoms with Crippen LogP contribution in [0.25, 0.3) is 0 Å². The molecule has 3 nitrogen and oxygen atoms in total. The van der Waals surface area contributed by atoms with E-state index in [-0.39, 0.29) is 0 Å². The van der Waals surface area contributed by atoms with Crippen molar-refractivity contribution in [2.75, 3.05) is 18.0 Å². The zero-order valence-corrected chi connectivity index (χ0v) is 10.5. The fraction of sp³-hybridized carbons (Fsp3) is 0.400. The summed E-state index contributed by atoms with van der Waals surface area (Å²) in [7, 11) is 0. The van der Waals surface area contributed by atoms with E-state index in [4.69, 9.17) is 6.42 Å². The van der Waals surface area contributed by atoms with E-state index in [0.29, 0.717) is 18.0 Å². The van der Waals surface area contributed by atoms with Gasteiger partial charge in [0.1, 0.15) is 0 Å². The van der Waals surface area contributed by atoms with Crippen LogP contribution in [0.5, 0.6) is 0 Å². The van der Waals surface area contributed by atoms with Crippen LogP contribution in [0.1, 0.15) is 28.8 Å². The van der Waals surface area contributed by atoms with Gasteiger partial charge in [0.25, 0.3) is 0 Å². The van der Waals surface area contributed by atoms with Gasteiger partial charge in [-0.1, -0.05) is 17.6 Å². The lowest BCUT2D eigenvalue weighted by molar-refractivity contribution is 0.0697. The first-order valence-electron chi connectivity index (χ1n) is 6.14. The number of hydrogen-bond donors (Lipinski definition) is 1. The molecule has 0 saturated heterocycles. The van der Waals surface area contributed by atoms with Crippen molar-refractivity contribution in [3.8, 4) is 12.3 Å². The molecule has 1 N–H and O–H groups in total. The predicted octanol–water partition coefficient (Wildman–Crippen LogP) is 2.54. The van der Waals surface area contributed by atoms with Gasteiger partial charge in [-0.25, -0.2) is 4.79 Å². The third-order valence-electron chi connectivity index (χ3n) is 3.18. The Morgan fingerprint density at radius 3 is 2.83 bits per heavy atom. The topological polar surface area (TPSA) is 40.5 Å². The summed E-state index contributed by atoms with van der Waals surface area (Å²) in [5, 5.41) is 9.28. The smallest absolute Gasteiger partial charge is 0.337 e. The van der Waals surface area contributed by atoms with E-state index in [9.17, 15) is 9.90 Å². The van der Waals surface area contributed by atoms with Crippen LogP contribution in [0.15, 0.2) is 18.2 Å². The molecule has 1 saturated carbocycles. The van der Waals surface area contributed by atoms with Crippen molar-refractivity contribution in [1.29, 1.82) is 0 Å². The highest BCUT2D eigenvalue weighted by Crippen LogP contribution is 2.32. The molecule has 2 rings (SSSR count). The van der Waals surface area contributed by atoms with Gasteiger partial charge in [0.15, 0.2) is 0 Å². The average molecular weight is 243 g/mol. The fourth-order valence-electron chi connectivity index (χ4n) is 2.07. The molecule has 0 aromatic heterocycles. The molecule has 0 radical (unpaired) electrons. The SMILES string of the molecule is C#CCN(CC1CC1)c1ccc(C)cc1C(=O)O. The minimum absolute atomic E-state index is 0.339. The molecular formula is C15H17NO2. The van der Waals surface area contributed by atoms with Crippen molar-refractivity contribution in [3.63, 3.8) is 0 Å². The second-order valence-electron chi connectivity index (χ2n) is 4.85. The Morgan fingerprint density at radius 1 is 1.56 bits per heavy atom. The van der Waals surface area contributed by atoms with Crippen molar-refractivity contribution >= 4 is 11.7 Å². The highest BCUT2D eigenvalue weighted by atomic mass is 16.4. The van der Waals surface area contributed by atoms with Crippen LogP contribution in [-0.2, 0) is 0 Å². The second-order valence-corrected chi connectivity index (χ2v) is 4.85. The first kappa shape index (κ1) is 12.5. The van der Waals surface area contributed by atoms with Gasteiger partial charge in [0, 0.05) is 6.54 Å². The maximum absolute atomic E-state index is 11.3. The number of carbonyl (C=O) groups is 1. The van der Waals surface area contributed by atoms with Gasteiger partial charge in [-0.05, 0) is 37.8 Å². The summed E-state index contributed by atoms with van der Waals surface area (Å²) in [5.41, 5.74) is 2.02. The van der Waals surface area contributed by atoms with Gasteiger partial charge < -0.3 is 10.0 Å². The molecule has 18 heavy (non-hydrogen) atoms. The average Bonchev–Trinajstić information content (AvgIpc) is 3.12. The Balaban J connectivity index is 2.32. The van der Waals surface area contributed by atoms with Crippen molar-refractivity contribution in [1.82, 2.24) is 0 Å². The van der Waals surface area contributed by atoms with Gasteiger partial charge in [-0.15, -0.1) is 6.42 Å². The second kappa shape index (κ2) is 5.14. The zero-order valence-electron chi connectivity index (χ0n) is 10.5. The number of aryl methyl sites for hydroxylation is 1. The Labute approximate surface area is 107 Å². The number of carboxylic acid groups (broad SMARTS) is 1. The molecule has 3 heteroatoms. The van der Waals surface area contributed by atoms with E-state index < -0.39 is 5.97 Å². The zero-order chi connectivity index (χ0) is 13.1. The molecule has 0 atom stereocenters. The van der Waals surface area contributed by atoms with Crippen molar-refractivity contribution < 1.29 is 9.90 Å². The van der Waals surface area contributed by atoms with Crippen LogP contribution >= 0.6 is 0 Å². The minimum Gasteiger partial charge on any atom is -0.478 e. The number of benzene rings is 1. The lowest BCUT2D eigenvalue weighted by Crippen LogP contribution is -2.27. The maximum atomic E-state index is 11.3. The van der Waals surface area contributed by atoms with E-state index in [1.807, 2.05) is 24.0 Å². The molecule has 0 heterocycles. The Bertz CT molecular complexity index is 498. The number of anilines is 1. The molecule has 0 unspecified atom stereocenters. The van der Waals surface area contributed by atoms with Crippen LogP contribution in [0.2, 0.25) is 0 Å². The first-order valence-corrected chi connectivity index (χ1v) is 6.14. The lowest BCUT2D eigenvalue weighted by Gasteiger charge is -2.24. The van der Waals surface area contributed by atoms with Gasteiger partial charge in [-0.3, -0.25) is 0 Å². The van der Waals surface area contributed by atoms with Gasteiger partial charge in [-0.2, -0.15) is 0 Å². The quantitative estimate of drug-likeness (QED) is 0.808. The molecule has 94 valence electrons. The molecule has 1 aromatic carbocycles. The standard InChI is InChI=1S/C15H17NO2/c1-3-8-16(10-12-5-6-12)14-7-4-11(2)9-13(14)15(17)18/h1,4,7,9,12H,5-6,8,10H2,2H3,(H,17,18).